The van der Waals surface area contributed by atoms with E-state index in [1.54, 1.807) is 25.1 Å². The highest BCUT2D eigenvalue weighted by atomic mass is 32.2. The molecule has 0 spiro atoms. The minimum Gasteiger partial charge on any atom is -0.366 e. The number of primary amides is 1. The maximum atomic E-state index is 13.5. The van der Waals surface area contributed by atoms with Crippen molar-refractivity contribution >= 4 is 33.2 Å². The second-order valence-corrected chi connectivity index (χ2v) is 8.33. The van der Waals surface area contributed by atoms with Crippen molar-refractivity contribution in [1.82, 2.24) is 0 Å². The first-order valence-electron chi connectivity index (χ1n) is 8.62. The van der Waals surface area contributed by atoms with Gasteiger partial charge in [0.05, 0.1) is 11.9 Å². The summed E-state index contributed by atoms with van der Waals surface area (Å²) in [4.78, 5) is 23.6. The molecule has 0 aromatic heterocycles. The molecule has 156 valence electrons. The quantitative estimate of drug-likeness (QED) is 0.677. The number of hydrogen-bond acceptors (Lipinski definition) is 4. The lowest BCUT2D eigenvalue weighted by molar-refractivity contribution is -0.116. The van der Waals surface area contributed by atoms with Crippen LogP contribution in [0.1, 0.15) is 28.8 Å². The van der Waals surface area contributed by atoms with Gasteiger partial charge in [-0.15, -0.1) is 0 Å². The third-order valence-corrected chi connectivity index (χ3v) is 5.42. The lowest BCUT2D eigenvalue weighted by Crippen LogP contribution is -2.31. The zero-order chi connectivity index (χ0) is 21.8. The summed E-state index contributed by atoms with van der Waals surface area (Å²) in [7, 11) is -3.77. The number of anilines is 2. The van der Waals surface area contributed by atoms with E-state index in [1.807, 2.05) is 0 Å². The molecule has 2 aromatic carbocycles. The monoisotopic (exact) mass is 425 g/mol. The number of benzene rings is 2. The fourth-order valence-corrected chi connectivity index (χ4v) is 3.72. The molecule has 29 heavy (non-hydrogen) atoms. The molecule has 0 atom stereocenters. The molecule has 0 aliphatic heterocycles. The number of rotatable bonds is 8. The lowest BCUT2D eigenvalue weighted by atomic mass is 10.1. The first kappa shape index (κ1) is 22.3. The molecule has 0 saturated carbocycles. The minimum atomic E-state index is -3.77. The Kier molecular flexibility index (Phi) is 6.91. The van der Waals surface area contributed by atoms with Gasteiger partial charge in [0.25, 0.3) is 0 Å². The van der Waals surface area contributed by atoms with Crippen LogP contribution >= 0.6 is 0 Å². The molecular weight excluding hydrogens is 404 g/mol. The van der Waals surface area contributed by atoms with Gasteiger partial charge < -0.3 is 11.1 Å². The molecule has 0 fully saturated rings. The molecule has 7 nitrogen and oxygen atoms in total. The van der Waals surface area contributed by atoms with Crippen molar-refractivity contribution in [2.75, 3.05) is 22.4 Å². The van der Waals surface area contributed by atoms with E-state index in [4.69, 9.17) is 5.73 Å². The van der Waals surface area contributed by atoms with Crippen molar-refractivity contribution in [2.24, 2.45) is 5.73 Å². The molecule has 2 rings (SSSR count). The van der Waals surface area contributed by atoms with Gasteiger partial charge in [-0.05, 0) is 43.2 Å². The van der Waals surface area contributed by atoms with Crippen LogP contribution in [0.25, 0.3) is 0 Å². The van der Waals surface area contributed by atoms with Crippen molar-refractivity contribution in [3.63, 3.8) is 0 Å². The van der Waals surface area contributed by atoms with Crippen LogP contribution in [-0.4, -0.2) is 33.0 Å². The number of halogens is 2. The van der Waals surface area contributed by atoms with Gasteiger partial charge in [-0.1, -0.05) is 6.07 Å². The third kappa shape index (κ3) is 5.74. The highest BCUT2D eigenvalue weighted by Crippen LogP contribution is 2.22. The number of sulfonamides is 1. The predicted molar refractivity (Wildman–Crippen MR) is 106 cm³/mol. The third-order valence-electron chi connectivity index (χ3n) is 4.23. The predicted octanol–water partition coefficient (Wildman–Crippen LogP) is 2.56. The smallest absolute Gasteiger partial charge is 0.249 e. The highest BCUT2D eigenvalue weighted by Gasteiger charge is 2.19. The van der Waals surface area contributed by atoms with E-state index < -0.39 is 33.5 Å². The largest absolute Gasteiger partial charge is 0.366 e. The van der Waals surface area contributed by atoms with Crippen LogP contribution in [-0.2, 0) is 14.8 Å². The van der Waals surface area contributed by atoms with E-state index in [2.05, 4.69) is 5.32 Å². The maximum absolute atomic E-state index is 13.5. The highest BCUT2D eigenvalue weighted by molar-refractivity contribution is 7.92. The van der Waals surface area contributed by atoms with Crippen molar-refractivity contribution in [2.45, 2.75) is 19.8 Å². The molecule has 2 aromatic rings. The lowest BCUT2D eigenvalue weighted by Gasteiger charge is -2.22. The molecule has 0 radical (unpaired) electrons. The molecule has 3 N–H and O–H groups in total. The second kappa shape index (κ2) is 8.99. The van der Waals surface area contributed by atoms with E-state index in [-0.39, 0.29) is 30.6 Å². The Morgan fingerprint density at radius 3 is 2.41 bits per heavy atom. The van der Waals surface area contributed by atoms with Crippen molar-refractivity contribution in [1.29, 1.82) is 0 Å². The summed E-state index contributed by atoms with van der Waals surface area (Å²) in [5.41, 5.74) is 6.47. The first-order valence-corrected chi connectivity index (χ1v) is 10.5. The molecule has 0 aliphatic carbocycles. The SMILES string of the molecule is Cc1c(NC(=O)CCCN(c2ccc(F)c(F)c2)S(C)(=O)=O)cccc1C(N)=O. The molecule has 0 saturated heterocycles. The van der Waals surface area contributed by atoms with Gasteiger partial charge in [0, 0.05) is 30.3 Å². The molecule has 0 bridgehead atoms. The standard InChI is InChI=1S/C19H21F2N3O4S/c1-12-14(19(22)26)5-3-6-17(12)23-18(25)7-4-10-24(29(2,27)28)13-8-9-15(20)16(21)11-13/h3,5-6,8-9,11H,4,7,10H2,1-2H3,(H2,22,26)(H,23,25). The van der Waals surface area contributed by atoms with Crippen molar-refractivity contribution < 1.29 is 26.8 Å². The molecule has 0 heterocycles. The van der Waals surface area contributed by atoms with Crippen LogP contribution in [0, 0.1) is 18.6 Å². The number of carbonyl (C=O) groups excluding carboxylic acids is 2. The summed E-state index contributed by atoms with van der Waals surface area (Å²) in [5, 5.41) is 2.65. The number of nitrogens with one attached hydrogen (secondary N) is 1. The van der Waals surface area contributed by atoms with Gasteiger partial charge in [-0.3, -0.25) is 13.9 Å². The Morgan fingerprint density at radius 1 is 1.14 bits per heavy atom. The van der Waals surface area contributed by atoms with Gasteiger partial charge >= 0.3 is 0 Å². The van der Waals surface area contributed by atoms with Crippen LogP contribution < -0.4 is 15.4 Å². The van der Waals surface area contributed by atoms with Gasteiger partial charge in [0.15, 0.2) is 11.6 Å². The molecule has 10 heteroatoms. The zero-order valence-electron chi connectivity index (χ0n) is 15.9. The Bertz CT molecular complexity index is 1040. The number of amides is 2. The van der Waals surface area contributed by atoms with Gasteiger partial charge in [0.1, 0.15) is 0 Å². The fourth-order valence-electron chi connectivity index (χ4n) is 2.76. The number of nitrogens with zero attached hydrogens (tertiary/aromatic N) is 1. The normalized spacial score (nSPS) is 11.2. The van der Waals surface area contributed by atoms with Gasteiger partial charge in [0.2, 0.25) is 21.8 Å². The van der Waals surface area contributed by atoms with Crippen LogP contribution in [0.4, 0.5) is 20.2 Å². The van der Waals surface area contributed by atoms with E-state index in [9.17, 15) is 26.8 Å². The van der Waals surface area contributed by atoms with Crippen LogP contribution in [0.15, 0.2) is 36.4 Å². The maximum Gasteiger partial charge on any atom is 0.249 e. The summed E-state index contributed by atoms with van der Waals surface area (Å²) < 4.78 is 51.5. The summed E-state index contributed by atoms with van der Waals surface area (Å²) in [5.74, 6) is -3.27. The zero-order valence-corrected chi connectivity index (χ0v) is 16.7. The average molecular weight is 425 g/mol. The van der Waals surface area contributed by atoms with Crippen molar-refractivity contribution in [3.05, 3.63) is 59.2 Å². The number of carbonyl (C=O) groups is 2. The first-order chi connectivity index (χ1) is 13.5. The number of nitrogens with two attached hydrogens (primary N) is 1. The van der Waals surface area contributed by atoms with Gasteiger partial charge in [-0.2, -0.15) is 0 Å². The summed E-state index contributed by atoms with van der Waals surface area (Å²) in [6, 6.07) is 7.51. The Balaban J connectivity index is 2.04. The number of hydrogen-bond donors (Lipinski definition) is 2. The van der Waals surface area contributed by atoms with Crippen LogP contribution in [0.5, 0.6) is 0 Å². The van der Waals surface area contributed by atoms with E-state index in [1.165, 1.54) is 0 Å². The van der Waals surface area contributed by atoms with E-state index >= 15 is 0 Å². The fraction of sp³-hybridized carbons (Fsp3) is 0.263. The minimum absolute atomic E-state index is 0.0307. The average Bonchev–Trinajstić information content (AvgIpc) is 2.62. The topological polar surface area (TPSA) is 110 Å². The van der Waals surface area contributed by atoms with Gasteiger partial charge in [-0.25, -0.2) is 17.2 Å². The van der Waals surface area contributed by atoms with E-state index in [0.717, 1.165) is 28.8 Å². The Labute approximate surface area is 167 Å². The summed E-state index contributed by atoms with van der Waals surface area (Å²) in [6.07, 6.45) is 1.04. The van der Waals surface area contributed by atoms with E-state index in [0.29, 0.717) is 11.3 Å². The Morgan fingerprint density at radius 2 is 1.83 bits per heavy atom. The molecule has 0 unspecified atom stereocenters. The second-order valence-electron chi connectivity index (χ2n) is 6.43. The summed E-state index contributed by atoms with van der Waals surface area (Å²) >= 11 is 0. The molecule has 2 amide bonds. The van der Waals surface area contributed by atoms with Crippen LogP contribution in [0.3, 0.4) is 0 Å². The van der Waals surface area contributed by atoms with Crippen molar-refractivity contribution in [3.8, 4) is 0 Å². The van der Waals surface area contributed by atoms with Crippen LogP contribution in [0.2, 0.25) is 0 Å². The summed E-state index contributed by atoms with van der Waals surface area (Å²) in [6.45, 7) is 1.54. The Hall–Kier alpha value is -3.01. The molecule has 0 aliphatic rings. The molecular formula is C19H21F2N3O4S.